The summed E-state index contributed by atoms with van der Waals surface area (Å²) in [5.41, 5.74) is 1.59. The average molecular weight is 301 g/mol. The van der Waals surface area contributed by atoms with Crippen LogP contribution in [0.4, 0.5) is 0 Å². The van der Waals surface area contributed by atoms with Crippen LogP contribution in [0.25, 0.3) is 0 Å². The smallest absolute Gasteiger partial charge is 0.337 e. The molecule has 0 saturated carbocycles. The van der Waals surface area contributed by atoms with Crippen LogP contribution >= 0.6 is 15.9 Å². The molecule has 17 heavy (non-hydrogen) atoms. The monoisotopic (exact) mass is 300 g/mol. The molecule has 0 N–H and O–H groups in total. The molecule has 0 aliphatic heterocycles. The molecule has 0 fully saturated rings. The van der Waals surface area contributed by atoms with Gasteiger partial charge in [0.15, 0.2) is 0 Å². The number of hydrogen-bond donors (Lipinski definition) is 0. The zero-order valence-corrected chi connectivity index (χ0v) is 11.2. The SMILES string of the molecule is COC(=O)c1cc(CCBr)cc(C(=O)OC)c1. The van der Waals surface area contributed by atoms with Crippen LogP contribution in [0.3, 0.4) is 0 Å². The molecule has 0 amide bonds. The predicted molar refractivity (Wildman–Crippen MR) is 66.6 cm³/mol. The number of benzene rings is 1. The number of carbonyl (C=O) groups is 2. The van der Waals surface area contributed by atoms with Gasteiger partial charge in [0.2, 0.25) is 0 Å². The van der Waals surface area contributed by atoms with Gasteiger partial charge in [-0.15, -0.1) is 0 Å². The Labute approximate surface area is 108 Å². The minimum absolute atomic E-state index is 0.353. The minimum atomic E-state index is -0.466. The molecule has 1 aromatic carbocycles. The fraction of sp³-hybridized carbons (Fsp3) is 0.333. The van der Waals surface area contributed by atoms with E-state index in [9.17, 15) is 9.59 Å². The van der Waals surface area contributed by atoms with Crippen LogP contribution < -0.4 is 0 Å². The molecule has 0 aliphatic rings. The number of methoxy groups -OCH3 is 2. The van der Waals surface area contributed by atoms with Gasteiger partial charge in [0, 0.05) is 5.33 Å². The summed E-state index contributed by atoms with van der Waals surface area (Å²) in [7, 11) is 2.61. The molecule has 0 spiro atoms. The lowest BCUT2D eigenvalue weighted by molar-refractivity contribution is 0.0599. The molecule has 0 unspecified atom stereocenters. The number of halogens is 1. The van der Waals surface area contributed by atoms with Crippen LogP contribution in [0, 0.1) is 0 Å². The van der Waals surface area contributed by atoms with Gasteiger partial charge in [0.25, 0.3) is 0 Å². The van der Waals surface area contributed by atoms with Crippen molar-refractivity contribution in [3.63, 3.8) is 0 Å². The van der Waals surface area contributed by atoms with E-state index in [1.54, 1.807) is 12.1 Å². The summed E-state index contributed by atoms with van der Waals surface area (Å²) in [6.45, 7) is 0. The van der Waals surface area contributed by atoms with E-state index in [1.165, 1.54) is 20.3 Å². The molecule has 0 aliphatic carbocycles. The Morgan fingerprint density at radius 3 is 1.88 bits per heavy atom. The summed E-state index contributed by atoms with van der Waals surface area (Å²) in [5, 5.41) is 0.748. The summed E-state index contributed by atoms with van der Waals surface area (Å²) >= 11 is 3.31. The topological polar surface area (TPSA) is 52.6 Å². The van der Waals surface area contributed by atoms with Gasteiger partial charge in [-0.3, -0.25) is 0 Å². The predicted octanol–water partition coefficient (Wildman–Crippen LogP) is 2.20. The van der Waals surface area contributed by atoms with Gasteiger partial charge in [-0.25, -0.2) is 9.59 Å². The van der Waals surface area contributed by atoms with E-state index in [1.807, 2.05) is 0 Å². The maximum absolute atomic E-state index is 11.4. The molecule has 1 aromatic rings. The second-order valence-electron chi connectivity index (χ2n) is 3.34. The molecule has 0 radical (unpaired) electrons. The molecule has 0 atom stereocenters. The van der Waals surface area contributed by atoms with Crippen molar-refractivity contribution in [3.8, 4) is 0 Å². The van der Waals surface area contributed by atoms with Gasteiger partial charge in [-0.1, -0.05) is 15.9 Å². The standard InChI is InChI=1S/C12H13BrO4/c1-16-11(14)9-5-8(3-4-13)6-10(7-9)12(15)17-2/h5-7H,3-4H2,1-2H3. The largest absolute Gasteiger partial charge is 0.465 e. The van der Waals surface area contributed by atoms with Gasteiger partial charge in [0.1, 0.15) is 0 Å². The van der Waals surface area contributed by atoms with Crippen molar-refractivity contribution in [3.05, 3.63) is 34.9 Å². The lowest BCUT2D eigenvalue weighted by Gasteiger charge is -2.06. The lowest BCUT2D eigenvalue weighted by Crippen LogP contribution is -2.08. The van der Waals surface area contributed by atoms with Gasteiger partial charge in [-0.05, 0) is 30.2 Å². The maximum atomic E-state index is 11.4. The number of hydrogen-bond acceptors (Lipinski definition) is 4. The van der Waals surface area contributed by atoms with Crippen molar-refractivity contribution >= 4 is 27.9 Å². The molecule has 0 aromatic heterocycles. The van der Waals surface area contributed by atoms with E-state index in [-0.39, 0.29) is 0 Å². The highest BCUT2D eigenvalue weighted by atomic mass is 79.9. The van der Waals surface area contributed by atoms with E-state index in [0.29, 0.717) is 11.1 Å². The Morgan fingerprint density at radius 1 is 1.06 bits per heavy atom. The third kappa shape index (κ3) is 3.56. The molecular formula is C12H13BrO4. The molecule has 92 valence electrons. The van der Waals surface area contributed by atoms with E-state index in [0.717, 1.165) is 17.3 Å². The van der Waals surface area contributed by atoms with Crippen LogP contribution in [0.1, 0.15) is 26.3 Å². The molecule has 0 saturated heterocycles. The Bertz CT molecular complexity index is 394. The molecule has 0 heterocycles. The van der Waals surface area contributed by atoms with E-state index in [2.05, 4.69) is 25.4 Å². The zero-order chi connectivity index (χ0) is 12.8. The van der Waals surface area contributed by atoms with Crippen molar-refractivity contribution in [2.75, 3.05) is 19.5 Å². The first kappa shape index (κ1) is 13.7. The highest BCUT2D eigenvalue weighted by Gasteiger charge is 2.13. The Kier molecular flexibility index (Phi) is 5.15. The van der Waals surface area contributed by atoms with E-state index in [4.69, 9.17) is 0 Å². The maximum Gasteiger partial charge on any atom is 0.337 e. The molecule has 5 heteroatoms. The average Bonchev–Trinajstić information content (AvgIpc) is 2.36. The van der Waals surface area contributed by atoms with Crippen molar-refractivity contribution < 1.29 is 19.1 Å². The molecular weight excluding hydrogens is 288 g/mol. The first-order valence-electron chi connectivity index (χ1n) is 4.99. The molecule has 0 bridgehead atoms. The van der Waals surface area contributed by atoms with Crippen molar-refractivity contribution in [2.24, 2.45) is 0 Å². The summed E-state index contributed by atoms with van der Waals surface area (Å²) in [5.74, 6) is -0.932. The number of rotatable bonds is 4. The van der Waals surface area contributed by atoms with Crippen LogP contribution in [0.5, 0.6) is 0 Å². The summed E-state index contributed by atoms with van der Waals surface area (Å²) in [6, 6.07) is 4.88. The van der Waals surface area contributed by atoms with Crippen LogP contribution in [-0.4, -0.2) is 31.5 Å². The van der Waals surface area contributed by atoms with Gasteiger partial charge in [-0.2, -0.15) is 0 Å². The fourth-order valence-electron chi connectivity index (χ4n) is 1.42. The van der Waals surface area contributed by atoms with Crippen LogP contribution in [0.2, 0.25) is 0 Å². The molecule has 4 nitrogen and oxygen atoms in total. The number of alkyl halides is 1. The summed E-state index contributed by atoms with van der Waals surface area (Å²) in [4.78, 5) is 22.9. The van der Waals surface area contributed by atoms with Gasteiger partial charge >= 0.3 is 11.9 Å². The fourth-order valence-corrected chi connectivity index (χ4v) is 1.87. The zero-order valence-electron chi connectivity index (χ0n) is 9.66. The minimum Gasteiger partial charge on any atom is -0.465 e. The third-order valence-corrected chi connectivity index (χ3v) is 2.61. The number of aryl methyl sites for hydroxylation is 1. The normalized spacial score (nSPS) is 9.82. The number of esters is 2. The lowest BCUT2D eigenvalue weighted by atomic mass is 10.0. The van der Waals surface area contributed by atoms with Crippen LogP contribution in [-0.2, 0) is 15.9 Å². The van der Waals surface area contributed by atoms with Crippen molar-refractivity contribution in [1.29, 1.82) is 0 Å². The van der Waals surface area contributed by atoms with Crippen molar-refractivity contribution in [2.45, 2.75) is 6.42 Å². The Balaban J connectivity index is 3.18. The summed E-state index contributed by atoms with van der Waals surface area (Å²) < 4.78 is 9.27. The number of ether oxygens (including phenoxy) is 2. The molecule has 1 rings (SSSR count). The van der Waals surface area contributed by atoms with Crippen molar-refractivity contribution in [1.82, 2.24) is 0 Å². The van der Waals surface area contributed by atoms with Gasteiger partial charge in [0.05, 0.1) is 25.3 Å². The van der Waals surface area contributed by atoms with E-state index >= 15 is 0 Å². The highest BCUT2D eigenvalue weighted by Crippen LogP contribution is 2.14. The third-order valence-electron chi connectivity index (χ3n) is 2.22. The number of carbonyl (C=O) groups excluding carboxylic acids is 2. The quantitative estimate of drug-likeness (QED) is 0.632. The van der Waals surface area contributed by atoms with Crippen LogP contribution in [0.15, 0.2) is 18.2 Å². The second-order valence-corrected chi connectivity index (χ2v) is 4.13. The first-order valence-corrected chi connectivity index (χ1v) is 6.11. The summed E-state index contributed by atoms with van der Waals surface area (Å²) in [6.07, 6.45) is 0.717. The van der Waals surface area contributed by atoms with E-state index < -0.39 is 11.9 Å². The Morgan fingerprint density at radius 2 is 1.53 bits per heavy atom. The Hall–Kier alpha value is -1.36. The highest BCUT2D eigenvalue weighted by molar-refractivity contribution is 9.09. The second kappa shape index (κ2) is 6.39. The van der Waals surface area contributed by atoms with Gasteiger partial charge < -0.3 is 9.47 Å². The first-order chi connectivity index (χ1) is 8.12.